The fourth-order valence-corrected chi connectivity index (χ4v) is 3.38. The van der Waals surface area contributed by atoms with Crippen LogP contribution >= 0.6 is 11.3 Å². The van der Waals surface area contributed by atoms with E-state index in [1.807, 2.05) is 62.4 Å². The second-order valence-corrected chi connectivity index (χ2v) is 7.52. The summed E-state index contributed by atoms with van der Waals surface area (Å²) in [5.41, 5.74) is 3.11. The van der Waals surface area contributed by atoms with Gasteiger partial charge < -0.3 is 5.32 Å². The molecule has 0 unspecified atom stereocenters. The number of hydrogen-bond acceptors (Lipinski definition) is 7. The molecular weight excluding hydrogens is 384 g/mol. The van der Waals surface area contributed by atoms with Crippen LogP contribution in [0.4, 0.5) is 16.6 Å². The van der Waals surface area contributed by atoms with Crippen molar-refractivity contribution < 1.29 is 4.79 Å². The number of nitrogens with one attached hydrogen (secondary N) is 2. The minimum atomic E-state index is -0.242. The summed E-state index contributed by atoms with van der Waals surface area (Å²) in [7, 11) is 0. The lowest BCUT2D eigenvalue weighted by Gasteiger charge is -2.10. The van der Waals surface area contributed by atoms with Crippen LogP contribution in [0.25, 0.3) is 11.3 Å². The first-order valence-corrected chi connectivity index (χ1v) is 9.78. The van der Waals surface area contributed by atoms with Gasteiger partial charge in [0.15, 0.2) is 0 Å². The van der Waals surface area contributed by atoms with Crippen molar-refractivity contribution in [3.05, 3.63) is 77.1 Å². The molecule has 0 saturated heterocycles. The van der Waals surface area contributed by atoms with Gasteiger partial charge in [0.05, 0.1) is 5.69 Å². The van der Waals surface area contributed by atoms with E-state index in [4.69, 9.17) is 0 Å². The van der Waals surface area contributed by atoms with Crippen LogP contribution in [0.15, 0.2) is 60.7 Å². The van der Waals surface area contributed by atoms with Gasteiger partial charge in [0.1, 0.15) is 16.6 Å². The van der Waals surface area contributed by atoms with Crippen LogP contribution in [-0.2, 0) is 0 Å². The van der Waals surface area contributed by atoms with Crippen LogP contribution < -0.4 is 10.6 Å². The maximum atomic E-state index is 12.5. The predicted octanol–water partition coefficient (Wildman–Crippen LogP) is 4.61. The van der Waals surface area contributed by atoms with Crippen molar-refractivity contribution in [3.8, 4) is 11.3 Å². The SMILES string of the molecule is Cc1nc(Nc2cccc(C(=O)Nc3nnc(C)s3)c2)cc(-c2ccccc2)n1. The average Bonchev–Trinajstić information content (AvgIpc) is 3.13. The van der Waals surface area contributed by atoms with E-state index in [1.54, 1.807) is 12.1 Å². The van der Waals surface area contributed by atoms with Crippen molar-refractivity contribution in [1.82, 2.24) is 20.2 Å². The molecule has 7 nitrogen and oxygen atoms in total. The highest BCUT2D eigenvalue weighted by Gasteiger charge is 2.11. The summed E-state index contributed by atoms with van der Waals surface area (Å²) in [6, 6.07) is 19.0. The Hall–Kier alpha value is -3.65. The Morgan fingerprint density at radius 2 is 1.76 bits per heavy atom. The van der Waals surface area contributed by atoms with Crippen molar-refractivity contribution in [2.24, 2.45) is 0 Å². The Labute approximate surface area is 171 Å². The van der Waals surface area contributed by atoms with Crippen LogP contribution in [0.3, 0.4) is 0 Å². The van der Waals surface area contributed by atoms with E-state index in [2.05, 4.69) is 30.8 Å². The monoisotopic (exact) mass is 402 g/mol. The smallest absolute Gasteiger partial charge is 0.257 e. The predicted molar refractivity (Wildman–Crippen MR) is 115 cm³/mol. The first-order chi connectivity index (χ1) is 14.1. The molecule has 0 aliphatic rings. The summed E-state index contributed by atoms with van der Waals surface area (Å²) in [6.07, 6.45) is 0. The van der Waals surface area contributed by atoms with Gasteiger partial charge in [-0.2, -0.15) is 0 Å². The number of carbonyl (C=O) groups excluding carboxylic acids is 1. The van der Waals surface area contributed by atoms with E-state index in [1.165, 1.54) is 11.3 Å². The standard InChI is InChI=1S/C21H18N6OS/c1-13-22-18(15-7-4-3-5-8-15)12-19(23-13)24-17-10-6-9-16(11-17)20(28)25-21-27-26-14(2)29-21/h3-12H,1-2H3,(H,22,23,24)(H,25,27,28). The zero-order chi connectivity index (χ0) is 20.2. The molecule has 4 aromatic rings. The molecule has 1 amide bonds. The van der Waals surface area contributed by atoms with Gasteiger partial charge >= 0.3 is 0 Å². The van der Waals surface area contributed by atoms with Crippen LogP contribution in [0, 0.1) is 13.8 Å². The molecular formula is C21H18N6OS. The second-order valence-electron chi connectivity index (χ2n) is 6.34. The zero-order valence-corrected chi connectivity index (χ0v) is 16.7. The number of anilines is 3. The molecule has 29 heavy (non-hydrogen) atoms. The molecule has 0 saturated carbocycles. The summed E-state index contributed by atoms with van der Waals surface area (Å²) in [5, 5.41) is 15.1. The Bertz CT molecular complexity index is 1160. The van der Waals surface area contributed by atoms with Gasteiger partial charge in [-0.25, -0.2) is 9.97 Å². The first-order valence-electron chi connectivity index (χ1n) is 8.96. The number of carbonyl (C=O) groups is 1. The highest BCUT2D eigenvalue weighted by Crippen LogP contribution is 2.23. The highest BCUT2D eigenvalue weighted by atomic mass is 32.1. The molecule has 0 radical (unpaired) electrons. The summed E-state index contributed by atoms with van der Waals surface area (Å²) in [4.78, 5) is 21.5. The highest BCUT2D eigenvalue weighted by molar-refractivity contribution is 7.15. The summed E-state index contributed by atoms with van der Waals surface area (Å²) in [5.74, 6) is 1.08. The molecule has 0 bridgehead atoms. The molecule has 0 aliphatic heterocycles. The maximum Gasteiger partial charge on any atom is 0.257 e. The van der Waals surface area contributed by atoms with Gasteiger partial charge in [-0.15, -0.1) is 10.2 Å². The molecule has 8 heteroatoms. The fraction of sp³-hybridized carbons (Fsp3) is 0.0952. The lowest BCUT2D eigenvalue weighted by molar-refractivity contribution is 0.102. The maximum absolute atomic E-state index is 12.5. The first kappa shape index (κ1) is 18.7. The van der Waals surface area contributed by atoms with Crippen LogP contribution in [0.1, 0.15) is 21.2 Å². The van der Waals surface area contributed by atoms with E-state index in [-0.39, 0.29) is 5.91 Å². The minimum Gasteiger partial charge on any atom is -0.340 e. The minimum absolute atomic E-state index is 0.242. The van der Waals surface area contributed by atoms with Crippen molar-refractivity contribution in [2.45, 2.75) is 13.8 Å². The van der Waals surface area contributed by atoms with Gasteiger partial charge in [-0.3, -0.25) is 10.1 Å². The largest absolute Gasteiger partial charge is 0.340 e. The van der Waals surface area contributed by atoms with Gasteiger partial charge in [-0.1, -0.05) is 47.7 Å². The zero-order valence-electron chi connectivity index (χ0n) is 15.9. The third-order valence-electron chi connectivity index (χ3n) is 4.05. The van der Waals surface area contributed by atoms with Gasteiger partial charge in [0.2, 0.25) is 5.13 Å². The Kier molecular flexibility index (Phi) is 5.26. The number of rotatable bonds is 5. The lowest BCUT2D eigenvalue weighted by atomic mass is 10.1. The Balaban J connectivity index is 1.55. The van der Waals surface area contributed by atoms with Gasteiger partial charge in [0.25, 0.3) is 5.91 Å². The third-order valence-corrected chi connectivity index (χ3v) is 4.81. The fourth-order valence-electron chi connectivity index (χ4n) is 2.79. The molecule has 0 atom stereocenters. The van der Waals surface area contributed by atoms with Crippen molar-refractivity contribution in [1.29, 1.82) is 0 Å². The molecule has 2 aromatic heterocycles. The second kappa shape index (κ2) is 8.15. The number of aromatic nitrogens is 4. The quantitative estimate of drug-likeness (QED) is 0.506. The number of nitrogens with zero attached hydrogens (tertiary/aromatic N) is 4. The van der Waals surface area contributed by atoms with Gasteiger partial charge in [0, 0.05) is 22.9 Å². The Morgan fingerprint density at radius 1 is 0.931 bits per heavy atom. The number of aryl methyl sites for hydroxylation is 2. The number of benzene rings is 2. The lowest BCUT2D eigenvalue weighted by Crippen LogP contribution is -2.12. The van der Waals surface area contributed by atoms with E-state index >= 15 is 0 Å². The van der Waals surface area contributed by atoms with E-state index in [0.29, 0.717) is 22.3 Å². The van der Waals surface area contributed by atoms with Gasteiger partial charge in [-0.05, 0) is 32.0 Å². The molecule has 2 N–H and O–H groups in total. The van der Waals surface area contributed by atoms with E-state index in [0.717, 1.165) is 22.0 Å². The molecule has 0 aliphatic carbocycles. The molecule has 0 spiro atoms. The summed E-state index contributed by atoms with van der Waals surface area (Å²) >= 11 is 1.33. The summed E-state index contributed by atoms with van der Waals surface area (Å²) in [6.45, 7) is 3.69. The van der Waals surface area contributed by atoms with Crippen LogP contribution in [-0.4, -0.2) is 26.1 Å². The van der Waals surface area contributed by atoms with Crippen LogP contribution in [0.2, 0.25) is 0 Å². The van der Waals surface area contributed by atoms with Crippen molar-refractivity contribution in [3.63, 3.8) is 0 Å². The average molecular weight is 402 g/mol. The third kappa shape index (κ3) is 4.61. The number of amides is 1. The summed E-state index contributed by atoms with van der Waals surface area (Å²) < 4.78 is 0. The molecule has 0 fully saturated rings. The molecule has 2 aromatic carbocycles. The van der Waals surface area contributed by atoms with E-state index in [9.17, 15) is 4.79 Å². The van der Waals surface area contributed by atoms with E-state index < -0.39 is 0 Å². The van der Waals surface area contributed by atoms with Crippen molar-refractivity contribution in [2.75, 3.05) is 10.6 Å². The van der Waals surface area contributed by atoms with Crippen molar-refractivity contribution >= 4 is 33.9 Å². The molecule has 2 heterocycles. The Morgan fingerprint density at radius 3 is 2.52 bits per heavy atom. The normalized spacial score (nSPS) is 10.6. The molecule has 4 rings (SSSR count). The van der Waals surface area contributed by atoms with Crippen LogP contribution in [0.5, 0.6) is 0 Å². The topological polar surface area (TPSA) is 92.7 Å². The molecule has 144 valence electrons. The number of hydrogen-bond donors (Lipinski definition) is 2.